The minimum Gasteiger partial charge on any atom is -0.497 e. The van der Waals surface area contributed by atoms with Gasteiger partial charge < -0.3 is 15.4 Å². The van der Waals surface area contributed by atoms with Crippen LogP contribution in [0.1, 0.15) is 20.8 Å². The summed E-state index contributed by atoms with van der Waals surface area (Å²) >= 11 is 0. The summed E-state index contributed by atoms with van der Waals surface area (Å²) in [5.41, 5.74) is 0.753. The average molecular weight is 264 g/mol. The molecular weight excluding hydrogens is 240 g/mol. The molecule has 4 heteroatoms. The number of benzene rings is 1. The van der Waals surface area contributed by atoms with Crippen LogP contribution in [-0.2, 0) is 4.79 Å². The molecule has 1 rings (SSSR count). The number of amides is 1. The molecule has 19 heavy (non-hydrogen) atoms. The summed E-state index contributed by atoms with van der Waals surface area (Å²) in [7, 11) is 1.61. The van der Waals surface area contributed by atoms with Crippen molar-refractivity contribution in [2.75, 3.05) is 25.5 Å². The zero-order chi connectivity index (χ0) is 14.3. The molecule has 106 valence electrons. The zero-order valence-electron chi connectivity index (χ0n) is 12.2. The number of hydrogen-bond donors (Lipinski definition) is 2. The lowest BCUT2D eigenvalue weighted by molar-refractivity contribution is -0.115. The van der Waals surface area contributed by atoms with Crippen LogP contribution >= 0.6 is 0 Å². The summed E-state index contributed by atoms with van der Waals surface area (Å²) < 4.78 is 5.11. The van der Waals surface area contributed by atoms with Gasteiger partial charge in [-0.1, -0.05) is 26.8 Å². The summed E-state index contributed by atoms with van der Waals surface area (Å²) in [6.07, 6.45) is 0. The third-order valence-electron chi connectivity index (χ3n) is 3.24. The fourth-order valence-electron chi connectivity index (χ4n) is 1.56. The van der Waals surface area contributed by atoms with Gasteiger partial charge in [0.05, 0.1) is 13.7 Å². The lowest BCUT2D eigenvalue weighted by atomic mass is 9.98. The minimum atomic E-state index is -0.0378. The fraction of sp³-hybridized carbons (Fsp3) is 0.533. The molecule has 1 aromatic carbocycles. The number of carbonyl (C=O) groups excluding carboxylic acids is 1. The second-order valence-corrected chi connectivity index (χ2v) is 5.13. The molecule has 0 heterocycles. The first-order valence-corrected chi connectivity index (χ1v) is 6.67. The number of methoxy groups -OCH3 is 1. The maximum atomic E-state index is 11.7. The molecule has 0 aliphatic heterocycles. The van der Waals surface area contributed by atoms with Gasteiger partial charge in [-0.2, -0.15) is 0 Å². The first-order chi connectivity index (χ1) is 9.02. The van der Waals surface area contributed by atoms with Crippen molar-refractivity contribution in [2.45, 2.75) is 20.8 Å². The van der Waals surface area contributed by atoms with Crippen molar-refractivity contribution in [3.05, 3.63) is 24.3 Å². The third kappa shape index (κ3) is 5.75. The molecule has 0 aromatic heterocycles. The molecule has 4 nitrogen and oxygen atoms in total. The van der Waals surface area contributed by atoms with Crippen molar-refractivity contribution in [3.8, 4) is 5.75 Å². The molecule has 0 saturated heterocycles. The van der Waals surface area contributed by atoms with Gasteiger partial charge in [0.15, 0.2) is 0 Å². The molecule has 0 fully saturated rings. The van der Waals surface area contributed by atoms with Crippen LogP contribution in [0.5, 0.6) is 5.75 Å². The largest absolute Gasteiger partial charge is 0.497 e. The second-order valence-electron chi connectivity index (χ2n) is 5.13. The highest BCUT2D eigenvalue weighted by atomic mass is 16.5. The Morgan fingerprint density at radius 1 is 1.32 bits per heavy atom. The maximum Gasteiger partial charge on any atom is 0.238 e. The number of hydrogen-bond acceptors (Lipinski definition) is 3. The Bertz CT molecular complexity index is 405. The van der Waals surface area contributed by atoms with Crippen molar-refractivity contribution < 1.29 is 9.53 Å². The standard InChI is InChI=1S/C15H24N2O2/c1-11(2)12(3)9-16-10-15(18)17-13-6-5-7-14(8-13)19-4/h5-8,11-12,16H,9-10H2,1-4H3,(H,17,18). The molecule has 0 bridgehead atoms. The van der Waals surface area contributed by atoms with E-state index in [0.29, 0.717) is 18.4 Å². The molecule has 0 radical (unpaired) electrons. The van der Waals surface area contributed by atoms with Crippen molar-refractivity contribution in [1.82, 2.24) is 5.32 Å². The summed E-state index contributed by atoms with van der Waals surface area (Å²) in [6, 6.07) is 7.34. The van der Waals surface area contributed by atoms with E-state index in [4.69, 9.17) is 4.74 Å². The fourth-order valence-corrected chi connectivity index (χ4v) is 1.56. The topological polar surface area (TPSA) is 50.4 Å². The van der Waals surface area contributed by atoms with Crippen LogP contribution in [0, 0.1) is 11.8 Å². The molecule has 0 saturated carbocycles. The second kappa shape index (κ2) is 7.79. The van der Waals surface area contributed by atoms with Crippen molar-refractivity contribution in [2.24, 2.45) is 11.8 Å². The molecule has 0 aliphatic rings. The van der Waals surface area contributed by atoms with Crippen molar-refractivity contribution >= 4 is 11.6 Å². The van der Waals surface area contributed by atoms with Gasteiger partial charge in [-0.15, -0.1) is 0 Å². The Balaban J connectivity index is 2.34. The Morgan fingerprint density at radius 2 is 2.05 bits per heavy atom. The Labute approximate surface area is 115 Å². The van der Waals surface area contributed by atoms with Gasteiger partial charge in [0.25, 0.3) is 0 Å². The zero-order valence-corrected chi connectivity index (χ0v) is 12.2. The highest BCUT2D eigenvalue weighted by molar-refractivity contribution is 5.92. The van der Waals surface area contributed by atoms with Crippen LogP contribution in [-0.4, -0.2) is 26.1 Å². The molecule has 0 spiro atoms. The number of rotatable bonds is 7. The number of carbonyl (C=O) groups is 1. The van der Waals surface area contributed by atoms with E-state index in [1.807, 2.05) is 18.2 Å². The minimum absolute atomic E-state index is 0.0378. The summed E-state index contributed by atoms with van der Waals surface area (Å²) in [4.78, 5) is 11.7. The SMILES string of the molecule is COc1cccc(NC(=O)CNCC(C)C(C)C)c1. The number of ether oxygens (including phenoxy) is 1. The molecule has 1 atom stereocenters. The predicted molar refractivity (Wildman–Crippen MR) is 78.5 cm³/mol. The summed E-state index contributed by atoms with van der Waals surface area (Å²) in [5, 5.41) is 6.01. The van der Waals surface area contributed by atoms with E-state index in [-0.39, 0.29) is 5.91 Å². The summed E-state index contributed by atoms with van der Waals surface area (Å²) in [6.45, 7) is 7.72. The van der Waals surface area contributed by atoms with E-state index in [1.165, 1.54) is 0 Å². The Hall–Kier alpha value is -1.55. The van der Waals surface area contributed by atoms with Crippen molar-refractivity contribution in [3.63, 3.8) is 0 Å². The van der Waals surface area contributed by atoms with Crippen LogP contribution in [0.25, 0.3) is 0 Å². The molecule has 2 N–H and O–H groups in total. The highest BCUT2D eigenvalue weighted by Gasteiger charge is 2.08. The van der Waals surface area contributed by atoms with Gasteiger partial charge in [-0.3, -0.25) is 4.79 Å². The van der Waals surface area contributed by atoms with Crippen LogP contribution in [0.4, 0.5) is 5.69 Å². The van der Waals surface area contributed by atoms with E-state index in [9.17, 15) is 4.79 Å². The Kier molecular flexibility index (Phi) is 6.36. The average Bonchev–Trinajstić information content (AvgIpc) is 2.38. The smallest absolute Gasteiger partial charge is 0.238 e. The first kappa shape index (κ1) is 15.5. The monoisotopic (exact) mass is 264 g/mol. The first-order valence-electron chi connectivity index (χ1n) is 6.67. The number of nitrogens with one attached hydrogen (secondary N) is 2. The van der Waals surface area contributed by atoms with E-state index in [1.54, 1.807) is 13.2 Å². The van der Waals surface area contributed by atoms with E-state index < -0.39 is 0 Å². The Morgan fingerprint density at radius 3 is 2.68 bits per heavy atom. The van der Waals surface area contributed by atoms with E-state index >= 15 is 0 Å². The lowest BCUT2D eigenvalue weighted by Crippen LogP contribution is -2.32. The lowest BCUT2D eigenvalue weighted by Gasteiger charge is -2.16. The van der Waals surface area contributed by atoms with E-state index in [0.717, 1.165) is 18.0 Å². The predicted octanol–water partition coefficient (Wildman–Crippen LogP) is 2.52. The quantitative estimate of drug-likeness (QED) is 0.795. The molecule has 1 aromatic rings. The molecule has 1 unspecified atom stereocenters. The van der Waals surface area contributed by atoms with Gasteiger partial charge in [-0.05, 0) is 30.5 Å². The highest BCUT2D eigenvalue weighted by Crippen LogP contribution is 2.16. The maximum absolute atomic E-state index is 11.7. The van der Waals surface area contributed by atoms with Crippen LogP contribution in [0.15, 0.2) is 24.3 Å². The molecule has 1 amide bonds. The van der Waals surface area contributed by atoms with Crippen LogP contribution < -0.4 is 15.4 Å². The van der Waals surface area contributed by atoms with Gasteiger partial charge in [0.1, 0.15) is 5.75 Å². The number of anilines is 1. The molecular formula is C15H24N2O2. The van der Waals surface area contributed by atoms with Gasteiger partial charge in [0, 0.05) is 11.8 Å². The van der Waals surface area contributed by atoms with Gasteiger partial charge >= 0.3 is 0 Å². The normalized spacial score (nSPS) is 12.3. The van der Waals surface area contributed by atoms with E-state index in [2.05, 4.69) is 31.4 Å². The van der Waals surface area contributed by atoms with Gasteiger partial charge in [-0.25, -0.2) is 0 Å². The van der Waals surface area contributed by atoms with Crippen LogP contribution in [0.2, 0.25) is 0 Å². The van der Waals surface area contributed by atoms with Crippen LogP contribution in [0.3, 0.4) is 0 Å². The van der Waals surface area contributed by atoms with Gasteiger partial charge in [0.2, 0.25) is 5.91 Å². The molecule has 0 aliphatic carbocycles. The summed E-state index contributed by atoms with van der Waals surface area (Å²) in [5.74, 6) is 1.88. The van der Waals surface area contributed by atoms with Crippen molar-refractivity contribution in [1.29, 1.82) is 0 Å². The third-order valence-corrected chi connectivity index (χ3v) is 3.24.